The lowest BCUT2D eigenvalue weighted by Gasteiger charge is -2.45. The van der Waals surface area contributed by atoms with Crippen LogP contribution in [-0.4, -0.2) is 24.6 Å². The van der Waals surface area contributed by atoms with Crippen molar-refractivity contribution in [2.24, 2.45) is 11.3 Å². The van der Waals surface area contributed by atoms with E-state index >= 15 is 0 Å². The molecule has 2 fully saturated rings. The van der Waals surface area contributed by atoms with E-state index in [0.29, 0.717) is 5.92 Å². The Hall–Kier alpha value is -0.180. The molecule has 2 aliphatic rings. The second kappa shape index (κ2) is 4.13. The Balaban J connectivity index is 2.13. The molecule has 0 radical (unpaired) electrons. The van der Waals surface area contributed by atoms with Crippen molar-refractivity contribution in [1.29, 1.82) is 0 Å². The minimum absolute atomic E-state index is 0.0579. The Kier molecular flexibility index (Phi) is 3.05. The molecule has 0 unspecified atom stereocenters. The van der Waals surface area contributed by atoms with Gasteiger partial charge in [0.2, 0.25) is 0 Å². The Labute approximate surface area is 89.8 Å². The molecule has 1 saturated heterocycles. The van der Waals surface area contributed by atoms with Crippen LogP contribution in [0.15, 0.2) is 0 Å². The van der Waals surface area contributed by atoms with Gasteiger partial charge in [0.05, 0.1) is 12.5 Å². The van der Waals surface area contributed by atoms with E-state index in [0.717, 1.165) is 24.3 Å². The van der Waals surface area contributed by atoms with Crippen molar-refractivity contribution in [3.63, 3.8) is 0 Å². The molecule has 1 aliphatic carbocycles. The third-order valence-electron chi connectivity index (χ3n) is 3.86. The highest BCUT2D eigenvalue weighted by atomic mass is 32.2. The first kappa shape index (κ1) is 10.3. The largest absolute Gasteiger partial charge is 0.469 e. The van der Waals surface area contributed by atoms with Crippen LogP contribution in [0.2, 0.25) is 0 Å². The van der Waals surface area contributed by atoms with E-state index in [4.69, 9.17) is 4.74 Å². The van der Waals surface area contributed by atoms with Crippen molar-refractivity contribution in [1.82, 2.24) is 0 Å². The molecule has 14 heavy (non-hydrogen) atoms. The smallest absolute Gasteiger partial charge is 0.312 e. The van der Waals surface area contributed by atoms with Crippen LogP contribution in [0.1, 0.15) is 32.1 Å². The number of hydrogen-bond donors (Lipinski definition) is 0. The molecule has 1 saturated carbocycles. The average Bonchev–Trinajstić information content (AvgIpc) is 2.15. The highest BCUT2D eigenvalue weighted by Gasteiger charge is 2.49. The van der Waals surface area contributed by atoms with E-state index in [1.807, 2.05) is 11.8 Å². The van der Waals surface area contributed by atoms with Crippen molar-refractivity contribution in [3.05, 3.63) is 0 Å². The fraction of sp³-hybridized carbons (Fsp3) is 0.909. The molecule has 0 aromatic rings. The van der Waals surface area contributed by atoms with Crippen molar-refractivity contribution >= 4 is 17.7 Å². The molecule has 0 aromatic heterocycles. The normalized spacial score (nSPS) is 26.6. The van der Waals surface area contributed by atoms with E-state index in [-0.39, 0.29) is 11.4 Å². The third kappa shape index (κ3) is 1.56. The molecule has 2 rings (SSSR count). The predicted octanol–water partition coefficient (Wildman–Crippen LogP) is 2.47. The van der Waals surface area contributed by atoms with Crippen molar-refractivity contribution in [3.8, 4) is 0 Å². The van der Waals surface area contributed by atoms with Crippen LogP contribution >= 0.6 is 11.8 Å². The molecular formula is C11H18O2S. The number of carbonyl (C=O) groups excluding carboxylic acids is 1. The molecule has 0 bridgehead atoms. The van der Waals surface area contributed by atoms with Crippen LogP contribution in [0.5, 0.6) is 0 Å². The lowest BCUT2D eigenvalue weighted by molar-refractivity contribution is -0.159. The maximum absolute atomic E-state index is 11.9. The molecule has 2 nitrogen and oxygen atoms in total. The van der Waals surface area contributed by atoms with Gasteiger partial charge in [0.1, 0.15) is 0 Å². The zero-order valence-electron chi connectivity index (χ0n) is 8.75. The minimum Gasteiger partial charge on any atom is -0.469 e. The topological polar surface area (TPSA) is 26.3 Å². The van der Waals surface area contributed by atoms with Crippen LogP contribution in [0.3, 0.4) is 0 Å². The van der Waals surface area contributed by atoms with E-state index in [2.05, 4.69) is 0 Å². The number of ether oxygens (including phenoxy) is 1. The SMILES string of the molecule is COC(=O)C1(C2CCC2)CCSCC1. The number of rotatable bonds is 2. The van der Waals surface area contributed by atoms with Gasteiger partial charge in [-0.05, 0) is 43.1 Å². The van der Waals surface area contributed by atoms with Crippen LogP contribution in [0, 0.1) is 11.3 Å². The van der Waals surface area contributed by atoms with Gasteiger partial charge in [0.25, 0.3) is 0 Å². The van der Waals surface area contributed by atoms with E-state index in [1.165, 1.54) is 26.4 Å². The average molecular weight is 214 g/mol. The number of carbonyl (C=O) groups is 1. The summed E-state index contributed by atoms with van der Waals surface area (Å²) in [6.07, 6.45) is 5.85. The Morgan fingerprint density at radius 1 is 1.36 bits per heavy atom. The van der Waals surface area contributed by atoms with Crippen molar-refractivity contribution in [2.45, 2.75) is 32.1 Å². The summed E-state index contributed by atoms with van der Waals surface area (Å²) in [6.45, 7) is 0. The van der Waals surface area contributed by atoms with Gasteiger partial charge in [0, 0.05) is 0 Å². The Bertz CT molecular complexity index is 217. The molecule has 0 aromatic carbocycles. The van der Waals surface area contributed by atoms with Gasteiger partial charge >= 0.3 is 5.97 Å². The molecule has 1 heterocycles. The highest BCUT2D eigenvalue weighted by Crippen LogP contribution is 2.50. The summed E-state index contributed by atoms with van der Waals surface area (Å²) in [4.78, 5) is 11.9. The van der Waals surface area contributed by atoms with Crippen LogP contribution in [-0.2, 0) is 9.53 Å². The van der Waals surface area contributed by atoms with Gasteiger partial charge in [-0.15, -0.1) is 0 Å². The number of esters is 1. The number of methoxy groups -OCH3 is 1. The standard InChI is InChI=1S/C11H18O2S/c1-13-10(12)11(9-3-2-4-9)5-7-14-8-6-11/h9H,2-8H2,1H3. The third-order valence-corrected chi connectivity index (χ3v) is 4.85. The van der Waals surface area contributed by atoms with Crippen molar-refractivity contribution < 1.29 is 9.53 Å². The first-order chi connectivity index (χ1) is 6.79. The second-order valence-electron chi connectivity index (χ2n) is 4.39. The fourth-order valence-corrected chi connectivity index (χ4v) is 3.90. The van der Waals surface area contributed by atoms with E-state index in [1.54, 1.807) is 0 Å². The summed E-state index contributed by atoms with van der Waals surface area (Å²) in [5.74, 6) is 2.94. The van der Waals surface area contributed by atoms with Gasteiger partial charge in [-0.1, -0.05) is 6.42 Å². The quantitative estimate of drug-likeness (QED) is 0.661. The molecule has 1 aliphatic heterocycles. The summed E-state index contributed by atoms with van der Waals surface area (Å²) in [7, 11) is 1.53. The first-order valence-corrected chi connectivity index (χ1v) is 6.61. The molecule has 0 N–H and O–H groups in total. The number of hydrogen-bond acceptors (Lipinski definition) is 3. The molecule has 3 heteroatoms. The zero-order chi connectivity index (χ0) is 10.0. The van der Waals surface area contributed by atoms with Gasteiger partial charge in [-0.25, -0.2) is 0 Å². The maximum atomic E-state index is 11.9. The van der Waals surface area contributed by atoms with Gasteiger partial charge in [-0.3, -0.25) is 4.79 Å². The van der Waals surface area contributed by atoms with E-state index in [9.17, 15) is 4.79 Å². The Morgan fingerprint density at radius 2 is 2.00 bits per heavy atom. The lowest BCUT2D eigenvalue weighted by Crippen LogP contribution is -2.45. The predicted molar refractivity (Wildman–Crippen MR) is 58.3 cm³/mol. The van der Waals surface area contributed by atoms with Gasteiger partial charge in [-0.2, -0.15) is 11.8 Å². The monoisotopic (exact) mass is 214 g/mol. The van der Waals surface area contributed by atoms with Crippen LogP contribution in [0.25, 0.3) is 0 Å². The summed E-state index contributed by atoms with van der Waals surface area (Å²) in [5, 5.41) is 0. The summed E-state index contributed by atoms with van der Waals surface area (Å²) in [6, 6.07) is 0. The summed E-state index contributed by atoms with van der Waals surface area (Å²) >= 11 is 1.97. The molecule has 0 amide bonds. The van der Waals surface area contributed by atoms with Crippen molar-refractivity contribution in [2.75, 3.05) is 18.6 Å². The molecule has 0 spiro atoms. The van der Waals surface area contributed by atoms with Crippen LogP contribution in [0.4, 0.5) is 0 Å². The highest BCUT2D eigenvalue weighted by molar-refractivity contribution is 7.99. The minimum atomic E-state index is -0.0990. The van der Waals surface area contributed by atoms with Gasteiger partial charge in [0.15, 0.2) is 0 Å². The molecule has 0 atom stereocenters. The van der Waals surface area contributed by atoms with E-state index < -0.39 is 0 Å². The Morgan fingerprint density at radius 3 is 2.43 bits per heavy atom. The lowest BCUT2D eigenvalue weighted by atomic mass is 9.62. The second-order valence-corrected chi connectivity index (χ2v) is 5.61. The summed E-state index contributed by atoms with van der Waals surface area (Å²) < 4.78 is 5.00. The molecule has 80 valence electrons. The first-order valence-electron chi connectivity index (χ1n) is 5.46. The fourth-order valence-electron chi connectivity index (χ4n) is 2.68. The molecular weight excluding hydrogens is 196 g/mol. The number of thioether (sulfide) groups is 1. The zero-order valence-corrected chi connectivity index (χ0v) is 9.57. The van der Waals surface area contributed by atoms with Crippen LogP contribution < -0.4 is 0 Å². The maximum Gasteiger partial charge on any atom is 0.312 e. The van der Waals surface area contributed by atoms with Gasteiger partial charge < -0.3 is 4.74 Å². The summed E-state index contributed by atoms with van der Waals surface area (Å²) in [5.41, 5.74) is -0.0990.